The van der Waals surface area contributed by atoms with Crippen molar-refractivity contribution in [2.45, 2.75) is 12.3 Å². The minimum atomic E-state index is -4.40. The predicted molar refractivity (Wildman–Crippen MR) is 95.6 cm³/mol. The molecule has 28 heavy (non-hydrogen) atoms. The van der Waals surface area contributed by atoms with E-state index < -0.39 is 17.8 Å². The summed E-state index contributed by atoms with van der Waals surface area (Å²) < 4.78 is 54.3. The number of amides is 1. The molecule has 0 bridgehead atoms. The molecule has 5 nitrogen and oxygen atoms in total. The van der Waals surface area contributed by atoms with Crippen LogP contribution in [0.25, 0.3) is 0 Å². The summed E-state index contributed by atoms with van der Waals surface area (Å²) in [5.41, 5.74) is -0.232. The van der Waals surface area contributed by atoms with Crippen LogP contribution in [0.4, 0.5) is 13.2 Å². The van der Waals surface area contributed by atoms with E-state index in [2.05, 4.69) is 0 Å². The Labute approximate surface area is 160 Å². The molecule has 0 radical (unpaired) electrons. The van der Waals surface area contributed by atoms with Gasteiger partial charge in [0.2, 0.25) is 0 Å². The van der Waals surface area contributed by atoms with Gasteiger partial charge in [-0.1, -0.05) is 0 Å². The fourth-order valence-electron chi connectivity index (χ4n) is 2.87. The smallest absolute Gasteiger partial charge is 0.416 e. The summed E-state index contributed by atoms with van der Waals surface area (Å²) in [6.07, 6.45) is -4.88. The van der Waals surface area contributed by atoms with Gasteiger partial charge in [-0.05, 0) is 48.5 Å². The van der Waals surface area contributed by atoms with E-state index in [-0.39, 0.29) is 19.1 Å². The average molecular weight is 395 g/mol. The second-order valence-electron chi connectivity index (χ2n) is 6.32. The number of alkyl halides is 3. The molecule has 0 aliphatic carbocycles. The van der Waals surface area contributed by atoms with Gasteiger partial charge in [0.15, 0.2) is 0 Å². The molecule has 2 aromatic carbocycles. The lowest BCUT2D eigenvalue weighted by molar-refractivity contribution is -0.137. The van der Waals surface area contributed by atoms with Crippen molar-refractivity contribution < 1.29 is 32.2 Å². The molecule has 1 atom stereocenters. The second-order valence-corrected chi connectivity index (χ2v) is 6.32. The van der Waals surface area contributed by atoms with Gasteiger partial charge in [-0.3, -0.25) is 4.79 Å². The zero-order valence-corrected chi connectivity index (χ0v) is 15.2. The van der Waals surface area contributed by atoms with Gasteiger partial charge in [0.1, 0.15) is 17.6 Å². The first-order chi connectivity index (χ1) is 13.4. The summed E-state index contributed by atoms with van der Waals surface area (Å²) in [4.78, 5) is 14.4. The maximum atomic E-state index is 12.8. The van der Waals surface area contributed by atoms with Gasteiger partial charge in [0.25, 0.3) is 5.91 Å². The largest absolute Gasteiger partial charge is 0.497 e. The third kappa shape index (κ3) is 4.95. The van der Waals surface area contributed by atoms with Crippen molar-refractivity contribution in [3.63, 3.8) is 0 Å². The van der Waals surface area contributed by atoms with Gasteiger partial charge >= 0.3 is 6.18 Å². The lowest BCUT2D eigenvalue weighted by Crippen LogP contribution is -2.40. The summed E-state index contributed by atoms with van der Waals surface area (Å²) in [7, 11) is 1.55. The first kappa shape index (κ1) is 20.0. The lowest BCUT2D eigenvalue weighted by Gasteiger charge is -2.24. The Hall–Kier alpha value is -2.74. The predicted octanol–water partition coefficient (Wildman–Crippen LogP) is 3.63. The van der Waals surface area contributed by atoms with E-state index in [0.29, 0.717) is 30.2 Å². The van der Waals surface area contributed by atoms with Gasteiger partial charge in [-0.15, -0.1) is 0 Å². The molecular weight excluding hydrogens is 375 g/mol. The van der Waals surface area contributed by atoms with Crippen LogP contribution >= 0.6 is 0 Å². The Kier molecular flexibility index (Phi) is 6.08. The van der Waals surface area contributed by atoms with Crippen LogP contribution in [0.2, 0.25) is 0 Å². The minimum absolute atomic E-state index is 0.172. The van der Waals surface area contributed by atoms with Crippen molar-refractivity contribution in [3.05, 3.63) is 59.7 Å². The Bertz CT molecular complexity index is 791. The van der Waals surface area contributed by atoms with E-state index >= 15 is 0 Å². The molecule has 0 N–H and O–H groups in total. The normalized spacial score (nSPS) is 17.7. The molecule has 1 heterocycles. The molecule has 0 spiro atoms. The van der Waals surface area contributed by atoms with Crippen molar-refractivity contribution >= 4 is 5.91 Å². The molecule has 1 fully saturated rings. The highest BCUT2D eigenvalue weighted by Gasteiger charge is 2.30. The number of carbonyl (C=O) groups is 1. The number of hydrogen-bond donors (Lipinski definition) is 0. The van der Waals surface area contributed by atoms with E-state index in [4.69, 9.17) is 14.2 Å². The van der Waals surface area contributed by atoms with Crippen molar-refractivity contribution in [1.82, 2.24) is 4.90 Å². The van der Waals surface area contributed by atoms with Crippen LogP contribution < -0.4 is 9.47 Å². The van der Waals surface area contributed by atoms with Gasteiger partial charge in [0.05, 0.1) is 32.4 Å². The molecule has 1 amide bonds. The first-order valence-electron chi connectivity index (χ1n) is 8.72. The number of halogens is 3. The second kappa shape index (κ2) is 8.52. The van der Waals surface area contributed by atoms with Crippen molar-refractivity contribution in [2.24, 2.45) is 0 Å². The third-order valence-electron chi connectivity index (χ3n) is 4.34. The Morgan fingerprint density at radius 2 is 1.71 bits per heavy atom. The van der Waals surface area contributed by atoms with Crippen LogP contribution in [0, 0.1) is 0 Å². The van der Waals surface area contributed by atoms with Crippen LogP contribution in [0.5, 0.6) is 11.5 Å². The molecule has 8 heteroatoms. The quantitative estimate of drug-likeness (QED) is 0.793. The highest BCUT2D eigenvalue weighted by Crippen LogP contribution is 2.30. The van der Waals surface area contributed by atoms with Crippen LogP contribution in [-0.4, -0.2) is 50.3 Å². The molecule has 1 saturated heterocycles. The van der Waals surface area contributed by atoms with Gasteiger partial charge in [-0.25, -0.2) is 0 Å². The molecule has 3 rings (SSSR count). The molecule has 1 aliphatic heterocycles. The number of rotatable bonds is 4. The fourth-order valence-corrected chi connectivity index (χ4v) is 2.87. The minimum Gasteiger partial charge on any atom is -0.497 e. The number of carbonyl (C=O) groups excluding carboxylic acids is 1. The monoisotopic (exact) mass is 395 g/mol. The van der Waals surface area contributed by atoms with Crippen molar-refractivity contribution in [2.75, 3.05) is 33.4 Å². The molecule has 0 saturated carbocycles. The third-order valence-corrected chi connectivity index (χ3v) is 4.34. The number of methoxy groups -OCH3 is 1. The molecule has 0 aromatic heterocycles. The number of nitrogens with zero attached hydrogens (tertiary/aromatic N) is 1. The lowest BCUT2D eigenvalue weighted by atomic mass is 10.2. The summed E-state index contributed by atoms with van der Waals surface area (Å²) in [5, 5.41) is 0. The number of hydrogen-bond acceptors (Lipinski definition) is 4. The number of benzene rings is 2. The molecule has 2 aromatic rings. The SMILES string of the molecule is COc1ccc(C(=O)N2CCOC[C@H](Oc3ccc(C(F)(F)F)cc3)C2)cc1. The highest BCUT2D eigenvalue weighted by atomic mass is 19.4. The van der Waals surface area contributed by atoms with E-state index in [9.17, 15) is 18.0 Å². The maximum Gasteiger partial charge on any atom is 0.416 e. The zero-order chi connectivity index (χ0) is 20.1. The van der Waals surface area contributed by atoms with Crippen LogP contribution in [0.3, 0.4) is 0 Å². The van der Waals surface area contributed by atoms with Crippen LogP contribution in [-0.2, 0) is 10.9 Å². The Balaban J connectivity index is 1.66. The van der Waals surface area contributed by atoms with E-state index in [1.54, 1.807) is 36.3 Å². The zero-order valence-electron chi connectivity index (χ0n) is 15.2. The van der Waals surface area contributed by atoms with Gasteiger partial charge in [-0.2, -0.15) is 13.2 Å². The standard InChI is InChI=1S/C20H20F3NO4/c1-26-16-6-2-14(3-7-16)19(25)24-10-11-27-13-18(12-24)28-17-8-4-15(5-9-17)20(21,22)23/h2-9,18H,10-13H2,1H3/t18-/m1/s1. The van der Waals surface area contributed by atoms with Gasteiger partial charge < -0.3 is 19.1 Å². The Morgan fingerprint density at radius 1 is 1.07 bits per heavy atom. The van der Waals surface area contributed by atoms with E-state index in [1.807, 2.05) is 0 Å². The van der Waals surface area contributed by atoms with Gasteiger partial charge in [0, 0.05) is 12.1 Å². The molecule has 0 unspecified atom stereocenters. The Morgan fingerprint density at radius 3 is 2.32 bits per heavy atom. The summed E-state index contributed by atoms with van der Waals surface area (Å²) in [6, 6.07) is 11.2. The molecule has 150 valence electrons. The first-order valence-corrected chi connectivity index (χ1v) is 8.72. The summed E-state index contributed by atoms with van der Waals surface area (Å²) in [6.45, 7) is 1.27. The summed E-state index contributed by atoms with van der Waals surface area (Å²) >= 11 is 0. The summed E-state index contributed by atoms with van der Waals surface area (Å²) in [5.74, 6) is 0.772. The van der Waals surface area contributed by atoms with Crippen LogP contribution in [0.15, 0.2) is 48.5 Å². The number of ether oxygens (including phenoxy) is 3. The van der Waals surface area contributed by atoms with Crippen molar-refractivity contribution in [1.29, 1.82) is 0 Å². The van der Waals surface area contributed by atoms with Crippen molar-refractivity contribution in [3.8, 4) is 11.5 Å². The highest BCUT2D eigenvalue weighted by molar-refractivity contribution is 5.94. The molecular formula is C20H20F3NO4. The molecule has 1 aliphatic rings. The average Bonchev–Trinajstić information content (AvgIpc) is 2.93. The maximum absolute atomic E-state index is 12.8. The van der Waals surface area contributed by atoms with Crippen LogP contribution in [0.1, 0.15) is 15.9 Å². The van der Waals surface area contributed by atoms with E-state index in [1.165, 1.54) is 12.1 Å². The fraction of sp³-hybridized carbons (Fsp3) is 0.350. The van der Waals surface area contributed by atoms with E-state index in [0.717, 1.165) is 12.1 Å². The topological polar surface area (TPSA) is 48.0 Å².